The molecule has 48 valence electrons. The Morgan fingerprint density at radius 3 is 2.25 bits per heavy atom. The Morgan fingerprint density at radius 1 is 1.75 bits per heavy atom. The van der Waals surface area contributed by atoms with Gasteiger partial charge in [0.15, 0.2) is 0 Å². The zero-order valence-electron chi connectivity index (χ0n) is 5.29. The lowest BCUT2D eigenvalue weighted by Gasteiger charge is -2.08. The maximum Gasteiger partial charge on any atom is 0.125 e. The van der Waals surface area contributed by atoms with Crippen molar-refractivity contribution >= 4 is 6.29 Å². The third-order valence-corrected chi connectivity index (χ3v) is 1.27. The molecular weight excluding hydrogens is 104 g/mol. The molecule has 0 aliphatic rings. The molecule has 0 spiro atoms. The van der Waals surface area contributed by atoms with Gasteiger partial charge in [-0.15, -0.1) is 0 Å². The Labute approximate surface area is 49.5 Å². The summed E-state index contributed by atoms with van der Waals surface area (Å²) in [6.07, 6.45) is 1.03. The fourth-order valence-electron chi connectivity index (χ4n) is 0.551. The molecule has 0 aromatic rings. The second kappa shape index (κ2) is 3.61. The van der Waals surface area contributed by atoms with Gasteiger partial charge in [-0.3, -0.25) is 0 Å². The van der Waals surface area contributed by atoms with Crippen LogP contribution in [0, 0.1) is 5.92 Å². The molecule has 0 radical (unpaired) electrons. The lowest BCUT2D eigenvalue weighted by atomic mass is 10.0. The molecule has 1 N–H and O–H groups in total. The van der Waals surface area contributed by atoms with E-state index in [4.69, 9.17) is 5.11 Å². The zero-order valence-corrected chi connectivity index (χ0v) is 5.29. The van der Waals surface area contributed by atoms with E-state index >= 15 is 0 Å². The molecule has 0 unspecified atom stereocenters. The van der Waals surface area contributed by atoms with Gasteiger partial charge in [-0.2, -0.15) is 0 Å². The molecule has 0 bridgehead atoms. The number of carbonyl (C=O) groups is 1. The van der Waals surface area contributed by atoms with E-state index < -0.39 is 6.10 Å². The summed E-state index contributed by atoms with van der Waals surface area (Å²) in [4.78, 5) is 10.0. The first-order chi connectivity index (χ1) is 3.72. The molecule has 0 rings (SSSR count). The first-order valence-electron chi connectivity index (χ1n) is 2.85. The summed E-state index contributed by atoms with van der Waals surface area (Å²) in [5, 5.41) is 8.78. The molecule has 0 aliphatic heterocycles. The quantitative estimate of drug-likeness (QED) is 0.548. The van der Waals surface area contributed by atoms with Crippen LogP contribution < -0.4 is 0 Å². The van der Waals surface area contributed by atoms with Crippen molar-refractivity contribution in [1.29, 1.82) is 0 Å². The molecule has 0 aromatic carbocycles. The summed E-state index contributed by atoms with van der Waals surface area (Å²) >= 11 is 0. The fourth-order valence-corrected chi connectivity index (χ4v) is 0.551. The van der Waals surface area contributed by atoms with Gasteiger partial charge in [-0.1, -0.05) is 6.92 Å². The standard InChI is InChI=1S/C6H12O2/c1-3-6(4-7)5(2)8/h4-6,8H,3H2,1-2H3/t5-,6-/m0/s1. The topological polar surface area (TPSA) is 37.3 Å². The molecule has 2 atom stereocenters. The fraction of sp³-hybridized carbons (Fsp3) is 0.833. The first-order valence-corrected chi connectivity index (χ1v) is 2.85. The molecule has 0 saturated heterocycles. The summed E-state index contributed by atoms with van der Waals surface area (Å²) in [5.74, 6) is -0.171. The number of carbonyl (C=O) groups excluding carboxylic acids is 1. The smallest absolute Gasteiger partial charge is 0.125 e. The Hall–Kier alpha value is -0.370. The van der Waals surface area contributed by atoms with Gasteiger partial charge in [-0.05, 0) is 13.3 Å². The Balaban J connectivity index is 3.51. The highest BCUT2D eigenvalue weighted by Crippen LogP contribution is 2.02. The van der Waals surface area contributed by atoms with E-state index in [9.17, 15) is 4.79 Å². The highest BCUT2D eigenvalue weighted by atomic mass is 16.3. The number of aliphatic hydroxyl groups is 1. The van der Waals surface area contributed by atoms with Crippen molar-refractivity contribution in [3.05, 3.63) is 0 Å². The highest BCUT2D eigenvalue weighted by molar-refractivity contribution is 5.54. The minimum absolute atomic E-state index is 0.171. The Kier molecular flexibility index (Phi) is 3.44. The number of aldehydes is 1. The van der Waals surface area contributed by atoms with E-state index in [0.29, 0.717) is 0 Å². The van der Waals surface area contributed by atoms with E-state index in [1.807, 2.05) is 6.92 Å². The minimum Gasteiger partial charge on any atom is -0.393 e. The van der Waals surface area contributed by atoms with Crippen LogP contribution in [0.4, 0.5) is 0 Å². The van der Waals surface area contributed by atoms with Gasteiger partial charge in [0.05, 0.1) is 6.10 Å². The lowest BCUT2D eigenvalue weighted by Crippen LogP contribution is -2.16. The predicted molar refractivity (Wildman–Crippen MR) is 31.5 cm³/mol. The average molecular weight is 116 g/mol. The van der Waals surface area contributed by atoms with E-state index in [1.165, 1.54) is 0 Å². The molecule has 0 amide bonds. The van der Waals surface area contributed by atoms with Gasteiger partial charge >= 0.3 is 0 Å². The number of hydrogen-bond donors (Lipinski definition) is 1. The largest absolute Gasteiger partial charge is 0.393 e. The summed E-state index contributed by atoms with van der Waals surface area (Å²) < 4.78 is 0. The minimum atomic E-state index is -0.488. The van der Waals surface area contributed by atoms with Crippen molar-refractivity contribution in [2.24, 2.45) is 5.92 Å². The van der Waals surface area contributed by atoms with Crippen LogP contribution in [0.1, 0.15) is 20.3 Å². The van der Waals surface area contributed by atoms with Gasteiger partial charge in [0.1, 0.15) is 6.29 Å². The van der Waals surface area contributed by atoms with Gasteiger partial charge in [0.2, 0.25) is 0 Å². The molecule has 8 heavy (non-hydrogen) atoms. The van der Waals surface area contributed by atoms with E-state index in [2.05, 4.69) is 0 Å². The van der Waals surface area contributed by atoms with Crippen LogP contribution in [-0.4, -0.2) is 17.5 Å². The van der Waals surface area contributed by atoms with Crippen LogP contribution in [0.5, 0.6) is 0 Å². The Bertz CT molecular complexity index is 68.9. The van der Waals surface area contributed by atoms with Crippen molar-refractivity contribution in [3.63, 3.8) is 0 Å². The van der Waals surface area contributed by atoms with Crippen LogP contribution in [0.2, 0.25) is 0 Å². The van der Waals surface area contributed by atoms with Gasteiger partial charge < -0.3 is 9.90 Å². The molecule has 0 heterocycles. The summed E-state index contributed by atoms with van der Waals surface area (Å²) in [6, 6.07) is 0. The van der Waals surface area contributed by atoms with Crippen LogP contribution in [0.3, 0.4) is 0 Å². The van der Waals surface area contributed by atoms with Crippen molar-refractivity contribution in [2.75, 3.05) is 0 Å². The van der Waals surface area contributed by atoms with Crippen molar-refractivity contribution in [3.8, 4) is 0 Å². The number of aliphatic hydroxyl groups excluding tert-OH is 1. The molecule has 0 aliphatic carbocycles. The Morgan fingerprint density at radius 2 is 2.25 bits per heavy atom. The summed E-state index contributed by atoms with van der Waals surface area (Å²) in [5.41, 5.74) is 0. The molecule has 0 saturated carbocycles. The zero-order chi connectivity index (χ0) is 6.57. The maximum atomic E-state index is 10.0. The number of rotatable bonds is 3. The predicted octanol–water partition coefficient (Wildman–Crippen LogP) is 0.592. The van der Waals surface area contributed by atoms with E-state index in [0.717, 1.165) is 12.7 Å². The maximum absolute atomic E-state index is 10.0. The van der Waals surface area contributed by atoms with E-state index in [1.54, 1.807) is 6.92 Å². The summed E-state index contributed by atoms with van der Waals surface area (Å²) in [7, 11) is 0. The second-order valence-corrected chi connectivity index (χ2v) is 1.95. The SMILES string of the molecule is CC[C@@H](C=O)[C@H](C)O. The van der Waals surface area contributed by atoms with Gasteiger partial charge in [0.25, 0.3) is 0 Å². The highest BCUT2D eigenvalue weighted by Gasteiger charge is 2.09. The van der Waals surface area contributed by atoms with Crippen molar-refractivity contribution in [1.82, 2.24) is 0 Å². The average Bonchev–Trinajstić information content (AvgIpc) is 1.69. The molecule has 2 nitrogen and oxygen atoms in total. The molecule has 2 heteroatoms. The van der Waals surface area contributed by atoms with Gasteiger partial charge in [-0.25, -0.2) is 0 Å². The third-order valence-electron chi connectivity index (χ3n) is 1.27. The van der Waals surface area contributed by atoms with Crippen LogP contribution in [-0.2, 0) is 4.79 Å². The third kappa shape index (κ3) is 2.07. The molecule has 0 aromatic heterocycles. The normalized spacial score (nSPS) is 17.4. The van der Waals surface area contributed by atoms with Crippen molar-refractivity contribution in [2.45, 2.75) is 26.4 Å². The number of hydrogen-bond acceptors (Lipinski definition) is 2. The van der Waals surface area contributed by atoms with Crippen LogP contribution in [0.25, 0.3) is 0 Å². The van der Waals surface area contributed by atoms with Gasteiger partial charge in [0, 0.05) is 5.92 Å². The van der Waals surface area contributed by atoms with E-state index in [-0.39, 0.29) is 5.92 Å². The lowest BCUT2D eigenvalue weighted by molar-refractivity contribution is -0.113. The van der Waals surface area contributed by atoms with Crippen molar-refractivity contribution < 1.29 is 9.90 Å². The van der Waals surface area contributed by atoms with Crippen LogP contribution in [0.15, 0.2) is 0 Å². The first kappa shape index (κ1) is 7.63. The molecule has 0 fully saturated rings. The molecular formula is C6H12O2. The monoisotopic (exact) mass is 116 g/mol. The summed E-state index contributed by atoms with van der Waals surface area (Å²) in [6.45, 7) is 3.51. The van der Waals surface area contributed by atoms with Crippen LogP contribution >= 0.6 is 0 Å². The second-order valence-electron chi connectivity index (χ2n) is 1.95.